The molecule has 0 aromatic heterocycles. The SMILES string of the molecule is COC1(C(N)=O)CN(C(=O)C2SCCS2)C1. The second-order valence-electron chi connectivity index (χ2n) is 3.83. The molecule has 0 aromatic rings. The lowest BCUT2D eigenvalue weighted by Gasteiger charge is -2.47. The van der Waals surface area contributed by atoms with Crippen molar-refractivity contribution in [1.29, 1.82) is 0 Å². The van der Waals surface area contributed by atoms with E-state index in [0.29, 0.717) is 0 Å². The van der Waals surface area contributed by atoms with Gasteiger partial charge in [0.1, 0.15) is 4.58 Å². The van der Waals surface area contributed by atoms with Gasteiger partial charge in [0, 0.05) is 18.6 Å². The third-order valence-corrected chi connectivity index (χ3v) is 5.83. The van der Waals surface area contributed by atoms with E-state index in [2.05, 4.69) is 0 Å². The monoisotopic (exact) mass is 262 g/mol. The van der Waals surface area contributed by atoms with Crippen molar-refractivity contribution in [2.45, 2.75) is 10.2 Å². The maximum Gasteiger partial charge on any atom is 0.253 e. The molecule has 0 atom stereocenters. The van der Waals surface area contributed by atoms with E-state index in [1.807, 2.05) is 0 Å². The topological polar surface area (TPSA) is 72.6 Å². The Bertz CT molecular complexity index is 312. The highest BCUT2D eigenvalue weighted by molar-refractivity contribution is 8.21. The average Bonchev–Trinajstić information content (AvgIpc) is 2.68. The number of ether oxygens (including phenoxy) is 1. The van der Waals surface area contributed by atoms with Gasteiger partial charge in [0.2, 0.25) is 5.91 Å². The van der Waals surface area contributed by atoms with E-state index < -0.39 is 11.5 Å². The van der Waals surface area contributed by atoms with Crippen LogP contribution in [0.25, 0.3) is 0 Å². The fourth-order valence-corrected chi connectivity index (χ4v) is 4.51. The summed E-state index contributed by atoms with van der Waals surface area (Å²) in [4.78, 5) is 24.7. The number of methoxy groups -OCH3 is 1. The number of hydrogen-bond donors (Lipinski definition) is 1. The zero-order valence-electron chi connectivity index (χ0n) is 8.97. The summed E-state index contributed by atoms with van der Waals surface area (Å²) in [6.07, 6.45) is 0. The van der Waals surface area contributed by atoms with Crippen LogP contribution in [0.5, 0.6) is 0 Å². The number of rotatable bonds is 3. The first kappa shape index (κ1) is 12.1. The van der Waals surface area contributed by atoms with Crippen molar-refractivity contribution in [2.75, 3.05) is 31.7 Å². The van der Waals surface area contributed by atoms with Crippen LogP contribution in [-0.2, 0) is 14.3 Å². The van der Waals surface area contributed by atoms with Gasteiger partial charge in [-0.05, 0) is 0 Å². The molecule has 2 amide bonds. The Morgan fingerprint density at radius 3 is 2.38 bits per heavy atom. The number of nitrogens with zero attached hydrogens (tertiary/aromatic N) is 1. The molecule has 90 valence electrons. The van der Waals surface area contributed by atoms with Crippen LogP contribution in [0.1, 0.15) is 0 Å². The summed E-state index contributed by atoms with van der Waals surface area (Å²) in [5.41, 5.74) is 4.29. The highest BCUT2D eigenvalue weighted by atomic mass is 32.2. The number of likely N-dealkylation sites (tertiary alicyclic amines) is 1. The first-order valence-corrected chi connectivity index (χ1v) is 7.06. The van der Waals surface area contributed by atoms with Crippen molar-refractivity contribution >= 4 is 35.3 Å². The molecule has 0 spiro atoms. The van der Waals surface area contributed by atoms with E-state index in [1.54, 1.807) is 28.4 Å². The van der Waals surface area contributed by atoms with E-state index in [0.717, 1.165) is 11.5 Å². The van der Waals surface area contributed by atoms with Gasteiger partial charge in [-0.3, -0.25) is 9.59 Å². The number of carbonyl (C=O) groups is 2. The van der Waals surface area contributed by atoms with Gasteiger partial charge in [0.05, 0.1) is 13.1 Å². The zero-order chi connectivity index (χ0) is 11.8. The number of carbonyl (C=O) groups excluding carboxylic acids is 2. The van der Waals surface area contributed by atoms with E-state index >= 15 is 0 Å². The maximum absolute atomic E-state index is 11.9. The molecule has 2 aliphatic heterocycles. The van der Waals surface area contributed by atoms with Crippen LogP contribution in [0.15, 0.2) is 0 Å². The van der Waals surface area contributed by atoms with E-state index in [-0.39, 0.29) is 23.6 Å². The van der Waals surface area contributed by atoms with E-state index in [4.69, 9.17) is 10.5 Å². The van der Waals surface area contributed by atoms with Crippen LogP contribution in [0.4, 0.5) is 0 Å². The minimum absolute atomic E-state index is 0.0114. The summed E-state index contributed by atoms with van der Waals surface area (Å²) < 4.78 is 5.08. The molecule has 2 heterocycles. The highest BCUT2D eigenvalue weighted by Gasteiger charge is 2.51. The first-order chi connectivity index (χ1) is 7.59. The van der Waals surface area contributed by atoms with Gasteiger partial charge in [-0.15, -0.1) is 23.5 Å². The van der Waals surface area contributed by atoms with Crippen LogP contribution < -0.4 is 5.73 Å². The molecule has 2 saturated heterocycles. The summed E-state index contributed by atoms with van der Waals surface area (Å²) in [5.74, 6) is 1.62. The summed E-state index contributed by atoms with van der Waals surface area (Å²) in [5, 5.41) is 0. The van der Waals surface area contributed by atoms with Gasteiger partial charge in [0.15, 0.2) is 5.60 Å². The summed E-state index contributed by atoms with van der Waals surface area (Å²) >= 11 is 3.32. The lowest BCUT2D eigenvalue weighted by atomic mass is 9.93. The third kappa shape index (κ3) is 1.91. The van der Waals surface area contributed by atoms with E-state index in [9.17, 15) is 9.59 Å². The normalized spacial score (nSPS) is 24.2. The van der Waals surface area contributed by atoms with E-state index in [1.165, 1.54) is 7.11 Å². The Morgan fingerprint density at radius 2 is 1.94 bits per heavy atom. The zero-order valence-corrected chi connectivity index (χ0v) is 10.6. The van der Waals surface area contributed by atoms with Crippen molar-refractivity contribution < 1.29 is 14.3 Å². The largest absolute Gasteiger partial charge is 0.367 e. The maximum atomic E-state index is 11.9. The second-order valence-corrected chi connectivity index (χ2v) is 6.55. The summed E-state index contributed by atoms with van der Waals surface area (Å²) in [7, 11) is 1.45. The summed E-state index contributed by atoms with van der Waals surface area (Å²) in [6, 6.07) is 0. The van der Waals surface area contributed by atoms with Crippen LogP contribution in [0.3, 0.4) is 0 Å². The molecule has 5 nitrogen and oxygen atoms in total. The smallest absolute Gasteiger partial charge is 0.253 e. The molecule has 16 heavy (non-hydrogen) atoms. The second kappa shape index (κ2) is 4.46. The minimum Gasteiger partial charge on any atom is -0.367 e. The molecule has 2 rings (SSSR count). The van der Waals surface area contributed by atoms with Gasteiger partial charge in [0.25, 0.3) is 5.91 Å². The number of primary amides is 1. The Balaban J connectivity index is 1.91. The molecule has 7 heteroatoms. The minimum atomic E-state index is -0.955. The molecule has 0 unspecified atom stereocenters. The molecule has 0 saturated carbocycles. The van der Waals surface area contributed by atoms with Crippen LogP contribution in [0, 0.1) is 0 Å². The fourth-order valence-electron chi connectivity index (χ4n) is 1.76. The molecule has 2 N–H and O–H groups in total. The molecule has 2 aliphatic rings. The van der Waals surface area contributed by atoms with Gasteiger partial charge >= 0.3 is 0 Å². The summed E-state index contributed by atoms with van der Waals surface area (Å²) in [6.45, 7) is 0.574. The molecule has 0 bridgehead atoms. The van der Waals surface area contributed by atoms with Crippen molar-refractivity contribution in [3.63, 3.8) is 0 Å². The Kier molecular flexibility index (Phi) is 3.37. The van der Waals surface area contributed by atoms with Gasteiger partial charge in [-0.2, -0.15) is 0 Å². The Labute approximate surface area is 102 Å². The molecule has 0 aromatic carbocycles. The third-order valence-electron chi connectivity index (χ3n) is 2.87. The van der Waals surface area contributed by atoms with Gasteiger partial charge in [-0.1, -0.05) is 0 Å². The number of hydrogen-bond acceptors (Lipinski definition) is 5. The molecular weight excluding hydrogens is 248 g/mol. The standard InChI is InChI=1S/C9H14N2O3S2/c1-14-9(8(10)13)4-11(5-9)6(12)7-15-2-3-16-7/h7H,2-5H2,1H3,(H2,10,13). The molecule has 0 aliphatic carbocycles. The molecular formula is C9H14N2O3S2. The van der Waals surface area contributed by atoms with Crippen LogP contribution in [0.2, 0.25) is 0 Å². The van der Waals surface area contributed by atoms with Crippen molar-refractivity contribution in [3.8, 4) is 0 Å². The highest BCUT2D eigenvalue weighted by Crippen LogP contribution is 2.36. The van der Waals surface area contributed by atoms with Gasteiger partial charge in [-0.25, -0.2) is 0 Å². The van der Waals surface area contributed by atoms with Gasteiger partial charge < -0.3 is 15.4 Å². The number of amides is 2. The average molecular weight is 262 g/mol. The predicted molar refractivity (Wildman–Crippen MR) is 64.2 cm³/mol. The number of thioether (sulfide) groups is 2. The molecule has 0 radical (unpaired) electrons. The lowest BCUT2D eigenvalue weighted by molar-refractivity contribution is -0.171. The Hall–Kier alpha value is -0.400. The predicted octanol–water partition coefficient (Wildman–Crippen LogP) is -0.495. The van der Waals surface area contributed by atoms with Crippen molar-refractivity contribution in [1.82, 2.24) is 4.90 Å². The van der Waals surface area contributed by atoms with Crippen LogP contribution in [-0.4, -0.2) is 58.6 Å². The number of nitrogens with two attached hydrogens (primary N) is 1. The lowest BCUT2D eigenvalue weighted by Crippen LogP contribution is -2.70. The first-order valence-electron chi connectivity index (χ1n) is 4.96. The molecule has 2 fully saturated rings. The van der Waals surface area contributed by atoms with Crippen molar-refractivity contribution in [3.05, 3.63) is 0 Å². The Morgan fingerprint density at radius 1 is 1.38 bits per heavy atom. The quantitative estimate of drug-likeness (QED) is 0.743. The van der Waals surface area contributed by atoms with Crippen LogP contribution >= 0.6 is 23.5 Å². The van der Waals surface area contributed by atoms with Crippen molar-refractivity contribution in [2.24, 2.45) is 5.73 Å². The fraction of sp³-hybridized carbons (Fsp3) is 0.778.